The average Bonchev–Trinajstić information content (AvgIpc) is 3.46. The largest absolute Gasteiger partial charge is 0.496 e. The van der Waals surface area contributed by atoms with Gasteiger partial charge in [0.15, 0.2) is 5.69 Å². The Morgan fingerprint density at radius 1 is 1.15 bits per heavy atom. The van der Waals surface area contributed by atoms with Crippen molar-refractivity contribution in [1.82, 2.24) is 29.9 Å². The molecule has 11 nitrogen and oxygen atoms in total. The van der Waals surface area contributed by atoms with Crippen molar-refractivity contribution in [3.63, 3.8) is 0 Å². The molecule has 174 valence electrons. The van der Waals surface area contributed by atoms with E-state index < -0.39 is 5.97 Å². The molecule has 0 atom stereocenters. The summed E-state index contributed by atoms with van der Waals surface area (Å²) in [5.74, 6) is 2.59. The summed E-state index contributed by atoms with van der Waals surface area (Å²) in [6.45, 7) is 5.58. The van der Waals surface area contributed by atoms with Gasteiger partial charge in [-0.1, -0.05) is 5.16 Å². The van der Waals surface area contributed by atoms with Crippen molar-refractivity contribution in [2.24, 2.45) is 7.05 Å². The number of H-pyrrole nitrogens is 1. The maximum atomic E-state index is 11.9. The Bertz CT molecular complexity index is 1560. The first-order chi connectivity index (χ1) is 16.3. The number of aromatic nitrogens is 6. The lowest BCUT2D eigenvalue weighted by Crippen LogP contribution is -2.04. The van der Waals surface area contributed by atoms with Crippen LogP contribution in [0.3, 0.4) is 0 Å². The summed E-state index contributed by atoms with van der Waals surface area (Å²) in [5, 5.41) is 13.2. The van der Waals surface area contributed by atoms with Crippen LogP contribution in [0.5, 0.6) is 5.75 Å². The van der Waals surface area contributed by atoms with Gasteiger partial charge in [0.25, 0.3) is 0 Å². The van der Waals surface area contributed by atoms with Crippen LogP contribution >= 0.6 is 0 Å². The highest BCUT2D eigenvalue weighted by Crippen LogP contribution is 2.40. The molecule has 0 bridgehead atoms. The fourth-order valence-electron chi connectivity index (χ4n) is 4.17. The fourth-order valence-corrected chi connectivity index (χ4v) is 4.17. The van der Waals surface area contributed by atoms with E-state index in [-0.39, 0.29) is 5.69 Å². The van der Waals surface area contributed by atoms with Gasteiger partial charge in [0.1, 0.15) is 34.6 Å². The molecule has 5 aromatic rings. The number of rotatable bonds is 5. The first-order valence-corrected chi connectivity index (χ1v) is 10.5. The summed E-state index contributed by atoms with van der Waals surface area (Å²) in [5.41, 5.74) is 4.25. The van der Waals surface area contributed by atoms with Crippen LogP contribution < -0.4 is 10.1 Å². The first kappa shape index (κ1) is 21.4. The fraction of sp³-hybridized carbons (Fsp3) is 0.261. The number of anilines is 2. The Hall–Kier alpha value is -4.41. The van der Waals surface area contributed by atoms with Crippen LogP contribution in [0.25, 0.3) is 33.1 Å². The van der Waals surface area contributed by atoms with Crippen LogP contribution in [0.2, 0.25) is 0 Å². The second-order valence-corrected chi connectivity index (χ2v) is 7.92. The molecular weight excluding hydrogens is 438 g/mol. The molecule has 0 amide bonds. The van der Waals surface area contributed by atoms with Gasteiger partial charge in [0, 0.05) is 29.6 Å². The van der Waals surface area contributed by atoms with E-state index >= 15 is 0 Å². The molecule has 0 radical (unpaired) electrons. The van der Waals surface area contributed by atoms with Gasteiger partial charge < -0.3 is 24.3 Å². The molecule has 2 N–H and O–H groups in total. The molecule has 4 aromatic heterocycles. The number of carbonyl (C=O) groups excluding carboxylic acids is 1. The van der Waals surface area contributed by atoms with E-state index in [2.05, 4.69) is 30.5 Å². The number of carbonyl (C=O) groups is 1. The van der Waals surface area contributed by atoms with E-state index in [0.29, 0.717) is 34.6 Å². The molecule has 0 spiro atoms. The molecule has 4 heterocycles. The molecule has 1 aromatic carbocycles. The number of nitrogens with zero attached hydrogens (tertiary/aromatic N) is 5. The summed E-state index contributed by atoms with van der Waals surface area (Å²) in [6.07, 6.45) is 0. The number of aromatic amines is 1. The minimum Gasteiger partial charge on any atom is -0.496 e. The zero-order valence-electron chi connectivity index (χ0n) is 19.6. The van der Waals surface area contributed by atoms with Crippen molar-refractivity contribution in [1.29, 1.82) is 0 Å². The minimum absolute atomic E-state index is 0.194. The SMILES string of the molecule is COC(=O)c1cc(Nc2nc(C)nc3[nH]c4cc(-c5c(C)noc5C)c(OC)cc4c23)n(C)n1. The Labute approximate surface area is 194 Å². The third kappa shape index (κ3) is 3.33. The molecule has 5 rings (SSSR count). The topological polar surface area (TPSA) is 133 Å². The van der Waals surface area contributed by atoms with E-state index in [9.17, 15) is 4.79 Å². The molecule has 0 unspecified atom stereocenters. The van der Waals surface area contributed by atoms with Gasteiger partial charge in [-0.2, -0.15) is 5.10 Å². The number of hydrogen-bond acceptors (Lipinski definition) is 9. The quantitative estimate of drug-likeness (QED) is 0.373. The predicted molar refractivity (Wildman–Crippen MR) is 125 cm³/mol. The second kappa shape index (κ2) is 7.87. The lowest BCUT2D eigenvalue weighted by molar-refractivity contribution is 0.0593. The van der Waals surface area contributed by atoms with Crippen molar-refractivity contribution < 1.29 is 18.8 Å². The van der Waals surface area contributed by atoms with Crippen LogP contribution in [0.4, 0.5) is 11.6 Å². The Morgan fingerprint density at radius 2 is 1.94 bits per heavy atom. The molecule has 0 aliphatic carbocycles. The van der Waals surface area contributed by atoms with Crippen molar-refractivity contribution in [2.75, 3.05) is 19.5 Å². The van der Waals surface area contributed by atoms with Crippen LogP contribution in [0, 0.1) is 20.8 Å². The second-order valence-electron chi connectivity index (χ2n) is 7.92. The molecule has 0 aliphatic heterocycles. The predicted octanol–water partition coefficient (Wildman–Crippen LogP) is 3.96. The van der Waals surface area contributed by atoms with Gasteiger partial charge in [0.2, 0.25) is 0 Å². The van der Waals surface area contributed by atoms with Gasteiger partial charge in [0.05, 0.1) is 30.9 Å². The normalized spacial score (nSPS) is 11.4. The third-order valence-electron chi connectivity index (χ3n) is 5.71. The average molecular weight is 461 g/mol. The van der Waals surface area contributed by atoms with Gasteiger partial charge in [-0.25, -0.2) is 14.8 Å². The Morgan fingerprint density at radius 3 is 2.62 bits per heavy atom. The molecule has 11 heteroatoms. The number of esters is 1. The minimum atomic E-state index is -0.517. The van der Waals surface area contributed by atoms with E-state index in [1.165, 1.54) is 7.11 Å². The van der Waals surface area contributed by atoms with Gasteiger partial charge in [-0.3, -0.25) is 4.68 Å². The van der Waals surface area contributed by atoms with E-state index in [1.54, 1.807) is 24.9 Å². The van der Waals surface area contributed by atoms with E-state index in [1.807, 2.05) is 32.9 Å². The van der Waals surface area contributed by atoms with Gasteiger partial charge in [-0.05, 0) is 32.9 Å². The van der Waals surface area contributed by atoms with E-state index in [0.717, 1.165) is 33.1 Å². The number of hydrogen-bond donors (Lipinski definition) is 2. The number of ether oxygens (including phenoxy) is 2. The highest BCUT2D eigenvalue weighted by Gasteiger charge is 2.21. The first-order valence-electron chi connectivity index (χ1n) is 10.5. The number of nitrogens with one attached hydrogen (secondary N) is 2. The lowest BCUT2D eigenvalue weighted by Gasteiger charge is -2.10. The van der Waals surface area contributed by atoms with Crippen LogP contribution in [-0.2, 0) is 11.8 Å². The van der Waals surface area contributed by atoms with Crippen molar-refractivity contribution in [3.05, 3.63) is 41.2 Å². The molecule has 0 aliphatic rings. The number of methoxy groups -OCH3 is 2. The molecule has 0 saturated carbocycles. The third-order valence-corrected chi connectivity index (χ3v) is 5.71. The smallest absolute Gasteiger partial charge is 0.358 e. The Balaban J connectivity index is 1.71. The summed E-state index contributed by atoms with van der Waals surface area (Å²) < 4.78 is 17.4. The summed E-state index contributed by atoms with van der Waals surface area (Å²) in [6, 6.07) is 5.56. The van der Waals surface area contributed by atoms with Crippen LogP contribution in [0.15, 0.2) is 22.7 Å². The highest BCUT2D eigenvalue weighted by atomic mass is 16.5. The monoisotopic (exact) mass is 461 g/mol. The van der Waals surface area contributed by atoms with Gasteiger partial charge >= 0.3 is 5.97 Å². The van der Waals surface area contributed by atoms with Gasteiger partial charge in [-0.15, -0.1) is 0 Å². The summed E-state index contributed by atoms with van der Waals surface area (Å²) in [4.78, 5) is 24.5. The zero-order chi connectivity index (χ0) is 24.1. The molecule has 34 heavy (non-hydrogen) atoms. The van der Waals surface area contributed by atoms with Crippen molar-refractivity contribution in [3.8, 4) is 16.9 Å². The number of aryl methyl sites for hydroxylation is 4. The maximum Gasteiger partial charge on any atom is 0.358 e. The Kier molecular flexibility index (Phi) is 4.96. The zero-order valence-corrected chi connectivity index (χ0v) is 19.6. The standard InChI is InChI=1S/C23H23N7O4/c1-10-19(11(2)34-29-10)14-7-15-13(8-17(14)32-5)20-21(26-15)24-12(3)25-22(20)27-18-9-16(23(31)33-6)28-30(18)4/h7-9H,1-6H3,(H2,24,25,26,27). The highest BCUT2D eigenvalue weighted by molar-refractivity contribution is 6.13. The molecule has 0 saturated heterocycles. The number of benzene rings is 1. The van der Waals surface area contributed by atoms with Crippen LogP contribution in [0.1, 0.15) is 27.8 Å². The maximum absolute atomic E-state index is 11.9. The number of fused-ring (bicyclic) bond motifs is 3. The summed E-state index contributed by atoms with van der Waals surface area (Å²) >= 11 is 0. The van der Waals surface area contributed by atoms with Crippen molar-refractivity contribution >= 4 is 39.5 Å². The van der Waals surface area contributed by atoms with Crippen molar-refractivity contribution in [2.45, 2.75) is 20.8 Å². The molecule has 0 fully saturated rings. The molecular formula is C23H23N7O4. The lowest BCUT2D eigenvalue weighted by atomic mass is 10.0. The summed E-state index contributed by atoms with van der Waals surface area (Å²) in [7, 11) is 4.67. The van der Waals surface area contributed by atoms with Crippen LogP contribution in [-0.4, -0.2) is 50.1 Å². The van der Waals surface area contributed by atoms with E-state index in [4.69, 9.17) is 14.0 Å².